The molecule has 1 amide bonds. The fourth-order valence-corrected chi connectivity index (χ4v) is 3.39. The zero-order chi connectivity index (χ0) is 19.4. The van der Waals surface area contributed by atoms with Crippen LogP contribution in [0.4, 0.5) is 5.69 Å². The molecule has 2 aromatic rings. The predicted octanol–water partition coefficient (Wildman–Crippen LogP) is 2.33. The molecule has 3 rings (SSSR count). The van der Waals surface area contributed by atoms with Gasteiger partial charge < -0.3 is 20.1 Å². The van der Waals surface area contributed by atoms with Crippen molar-refractivity contribution >= 4 is 11.6 Å². The Balaban J connectivity index is 1.68. The lowest BCUT2D eigenvalue weighted by molar-refractivity contribution is -0.122. The summed E-state index contributed by atoms with van der Waals surface area (Å²) in [5, 5.41) is 12.8. The van der Waals surface area contributed by atoms with Crippen LogP contribution in [0.25, 0.3) is 0 Å². The van der Waals surface area contributed by atoms with E-state index < -0.39 is 0 Å². The highest BCUT2D eigenvalue weighted by molar-refractivity contribution is 5.79. The molecule has 1 aromatic heterocycles. The van der Waals surface area contributed by atoms with Crippen LogP contribution >= 0.6 is 0 Å². The van der Waals surface area contributed by atoms with Crippen molar-refractivity contribution in [2.45, 2.75) is 31.4 Å². The number of aliphatic hydroxyl groups is 1. The number of benzene rings is 1. The van der Waals surface area contributed by atoms with Gasteiger partial charge in [-0.25, -0.2) is 4.98 Å². The Kier molecular flexibility index (Phi) is 5.96. The predicted molar refractivity (Wildman–Crippen MR) is 105 cm³/mol. The second-order valence-electron chi connectivity index (χ2n) is 7.30. The first-order chi connectivity index (χ1) is 13.0. The van der Waals surface area contributed by atoms with Crippen molar-refractivity contribution in [2.24, 2.45) is 5.92 Å². The highest BCUT2D eigenvalue weighted by Gasteiger charge is 2.35. The summed E-state index contributed by atoms with van der Waals surface area (Å²) in [6, 6.07) is 11.5. The van der Waals surface area contributed by atoms with Crippen molar-refractivity contribution in [3.05, 3.63) is 53.7 Å². The number of carbonyl (C=O) groups excluding carboxylic acids is 1. The van der Waals surface area contributed by atoms with Crippen LogP contribution in [0.2, 0.25) is 0 Å². The molecule has 27 heavy (non-hydrogen) atoms. The van der Waals surface area contributed by atoms with Gasteiger partial charge in [0.05, 0.1) is 25.7 Å². The van der Waals surface area contributed by atoms with Gasteiger partial charge in [-0.3, -0.25) is 4.79 Å². The molecule has 0 spiro atoms. The van der Waals surface area contributed by atoms with E-state index in [1.807, 2.05) is 49.3 Å². The smallest absolute Gasteiger partial charge is 0.224 e. The fourth-order valence-electron chi connectivity index (χ4n) is 3.39. The lowest BCUT2D eigenvalue weighted by Crippen LogP contribution is -2.41. The maximum atomic E-state index is 12.6. The Bertz CT molecular complexity index is 753. The van der Waals surface area contributed by atoms with Gasteiger partial charge in [0.1, 0.15) is 0 Å². The summed E-state index contributed by atoms with van der Waals surface area (Å²) in [5.41, 5.74) is 3.01. The van der Waals surface area contributed by atoms with Gasteiger partial charge in [0.2, 0.25) is 11.8 Å². The first kappa shape index (κ1) is 19.2. The van der Waals surface area contributed by atoms with E-state index in [9.17, 15) is 9.90 Å². The Labute approximate surface area is 160 Å². The van der Waals surface area contributed by atoms with Gasteiger partial charge in [-0.05, 0) is 42.0 Å². The van der Waals surface area contributed by atoms with Gasteiger partial charge in [0.25, 0.3) is 0 Å². The van der Waals surface area contributed by atoms with Crippen molar-refractivity contribution < 1.29 is 14.6 Å². The number of anilines is 1. The Morgan fingerprint density at radius 3 is 2.48 bits per heavy atom. The minimum atomic E-state index is -0.279. The van der Waals surface area contributed by atoms with Crippen molar-refractivity contribution in [1.82, 2.24) is 10.3 Å². The number of nitrogens with one attached hydrogen (secondary N) is 1. The highest BCUT2D eigenvalue weighted by atomic mass is 16.5. The molecule has 1 aliphatic carbocycles. The van der Waals surface area contributed by atoms with E-state index in [4.69, 9.17) is 4.74 Å². The van der Waals surface area contributed by atoms with Gasteiger partial charge in [0, 0.05) is 32.0 Å². The first-order valence-electron chi connectivity index (χ1n) is 9.20. The fraction of sp³-hybridized carbons (Fsp3) is 0.429. The molecular weight excluding hydrogens is 342 g/mol. The molecular formula is C21H27N3O3. The quantitative estimate of drug-likeness (QED) is 0.784. The number of carbonyl (C=O) groups is 1. The SMILES string of the molecule is COc1ccc([C@@H](NC(=O)Cc2ccc(N(C)C)cc2)C2CC(O)C2)cn1. The van der Waals surface area contributed by atoms with Crippen molar-refractivity contribution in [1.29, 1.82) is 0 Å². The molecule has 0 saturated heterocycles. The van der Waals surface area contributed by atoms with E-state index in [0.29, 0.717) is 25.1 Å². The molecule has 6 nitrogen and oxygen atoms in total. The van der Waals surface area contributed by atoms with Crippen LogP contribution < -0.4 is 15.0 Å². The van der Waals surface area contributed by atoms with Crippen LogP contribution in [0, 0.1) is 5.92 Å². The second-order valence-corrected chi connectivity index (χ2v) is 7.30. The number of nitrogens with zero attached hydrogens (tertiary/aromatic N) is 2. The lowest BCUT2D eigenvalue weighted by Gasteiger charge is -2.38. The zero-order valence-electron chi connectivity index (χ0n) is 16.1. The molecule has 6 heteroatoms. The molecule has 0 unspecified atom stereocenters. The lowest BCUT2D eigenvalue weighted by atomic mass is 9.75. The largest absolute Gasteiger partial charge is 0.481 e. The number of amides is 1. The van der Waals surface area contributed by atoms with Crippen LogP contribution in [0.3, 0.4) is 0 Å². The second kappa shape index (κ2) is 8.39. The molecule has 1 aliphatic rings. The molecule has 1 aromatic carbocycles. The van der Waals surface area contributed by atoms with Gasteiger partial charge in [0.15, 0.2) is 0 Å². The van der Waals surface area contributed by atoms with Crippen molar-refractivity contribution in [3.8, 4) is 5.88 Å². The maximum Gasteiger partial charge on any atom is 0.224 e. The van der Waals surface area contributed by atoms with E-state index in [1.54, 1.807) is 19.4 Å². The van der Waals surface area contributed by atoms with Crippen LogP contribution in [0.15, 0.2) is 42.6 Å². The average Bonchev–Trinajstić information content (AvgIpc) is 2.64. The molecule has 1 fully saturated rings. The monoisotopic (exact) mass is 369 g/mol. The summed E-state index contributed by atoms with van der Waals surface area (Å²) in [4.78, 5) is 18.9. The third kappa shape index (κ3) is 4.77. The molecule has 2 N–H and O–H groups in total. The Morgan fingerprint density at radius 2 is 1.96 bits per heavy atom. The summed E-state index contributed by atoms with van der Waals surface area (Å²) in [6.07, 6.45) is 3.16. The number of aromatic nitrogens is 1. The summed E-state index contributed by atoms with van der Waals surface area (Å²) >= 11 is 0. The number of aliphatic hydroxyl groups excluding tert-OH is 1. The topological polar surface area (TPSA) is 74.7 Å². The minimum absolute atomic E-state index is 0.0326. The van der Waals surface area contributed by atoms with Crippen molar-refractivity contribution in [2.75, 3.05) is 26.1 Å². The Morgan fingerprint density at radius 1 is 1.26 bits per heavy atom. The number of ether oxygens (including phenoxy) is 1. The van der Waals surface area contributed by atoms with Crippen LogP contribution in [-0.4, -0.2) is 43.3 Å². The molecule has 0 bridgehead atoms. The van der Waals surface area contributed by atoms with E-state index in [0.717, 1.165) is 16.8 Å². The van der Waals surface area contributed by atoms with Gasteiger partial charge in [-0.15, -0.1) is 0 Å². The maximum absolute atomic E-state index is 12.6. The first-order valence-corrected chi connectivity index (χ1v) is 9.20. The molecule has 1 heterocycles. The normalized spacial score (nSPS) is 19.7. The van der Waals surface area contributed by atoms with E-state index in [1.165, 1.54) is 0 Å². The third-order valence-corrected chi connectivity index (χ3v) is 5.08. The summed E-state index contributed by atoms with van der Waals surface area (Å²) < 4.78 is 5.11. The standard InChI is InChI=1S/C21H27N3O3/c1-24(2)17-7-4-14(5-8-17)10-19(26)23-21(16-11-18(25)12-16)15-6-9-20(27-3)22-13-15/h4-9,13,16,18,21,25H,10-12H2,1-3H3,(H,23,26)/t16?,18?,21-/m1/s1. The van der Waals surface area contributed by atoms with Gasteiger partial charge in [-0.2, -0.15) is 0 Å². The molecule has 1 saturated carbocycles. The summed E-state index contributed by atoms with van der Waals surface area (Å²) in [5.74, 6) is 0.725. The molecule has 0 aliphatic heterocycles. The number of methoxy groups -OCH3 is 1. The zero-order valence-corrected chi connectivity index (χ0v) is 16.1. The number of pyridine rings is 1. The summed E-state index contributed by atoms with van der Waals surface area (Å²) in [6.45, 7) is 0. The highest BCUT2D eigenvalue weighted by Crippen LogP contribution is 2.38. The number of hydrogen-bond acceptors (Lipinski definition) is 5. The van der Waals surface area contributed by atoms with Crippen LogP contribution in [0.5, 0.6) is 5.88 Å². The van der Waals surface area contributed by atoms with Gasteiger partial charge in [-0.1, -0.05) is 18.2 Å². The van der Waals surface area contributed by atoms with E-state index in [-0.39, 0.29) is 24.0 Å². The van der Waals surface area contributed by atoms with Crippen LogP contribution in [-0.2, 0) is 11.2 Å². The Hall–Kier alpha value is -2.60. The van der Waals surface area contributed by atoms with Crippen LogP contribution in [0.1, 0.15) is 30.0 Å². The third-order valence-electron chi connectivity index (χ3n) is 5.08. The minimum Gasteiger partial charge on any atom is -0.481 e. The van der Waals surface area contributed by atoms with E-state index in [2.05, 4.69) is 10.3 Å². The molecule has 0 radical (unpaired) electrons. The van der Waals surface area contributed by atoms with Gasteiger partial charge >= 0.3 is 0 Å². The summed E-state index contributed by atoms with van der Waals surface area (Å²) in [7, 11) is 5.55. The average molecular weight is 369 g/mol. The van der Waals surface area contributed by atoms with E-state index >= 15 is 0 Å². The number of hydrogen-bond donors (Lipinski definition) is 2. The number of rotatable bonds is 7. The molecule has 144 valence electrons. The molecule has 1 atom stereocenters. The van der Waals surface area contributed by atoms with Crippen molar-refractivity contribution in [3.63, 3.8) is 0 Å².